The minimum Gasteiger partial charge on any atom is -0.383 e. The zero-order valence-electron chi connectivity index (χ0n) is 15.9. The molecule has 2 amide bonds. The molecule has 0 heterocycles. The van der Waals surface area contributed by atoms with Crippen molar-refractivity contribution >= 4 is 17.5 Å². The highest BCUT2D eigenvalue weighted by atomic mass is 16.5. The minimum atomic E-state index is -0.451. The van der Waals surface area contributed by atoms with E-state index < -0.39 is 5.41 Å². The standard InChI is InChI=1S/C22H26N2O3/c1-16-4-6-17(7-5-16)20(25)24-19-10-8-18(9-11-19)22(12-3-13-22)21(26)23-14-15-27-2/h4-11H,3,12-15H2,1-2H3,(H,23,26)(H,24,25). The Hall–Kier alpha value is -2.66. The van der Waals surface area contributed by atoms with E-state index in [9.17, 15) is 9.59 Å². The lowest BCUT2D eigenvalue weighted by Gasteiger charge is -2.40. The maximum absolute atomic E-state index is 12.7. The second-order valence-corrected chi connectivity index (χ2v) is 7.08. The van der Waals surface area contributed by atoms with Crippen molar-refractivity contribution in [1.82, 2.24) is 5.32 Å². The van der Waals surface area contributed by atoms with Crippen molar-refractivity contribution in [3.05, 3.63) is 65.2 Å². The number of aryl methyl sites for hydroxylation is 1. The summed E-state index contributed by atoms with van der Waals surface area (Å²) >= 11 is 0. The van der Waals surface area contributed by atoms with E-state index in [1.165, 1.54) is 0 Å². The normalized spacial score (nSPS) is 14.9. The Labute approximate surface area is 160 Å². The van der Waals surface area contributed by atoms with Crippen LogP contribution in [0.15, 0.2) is 48.5 Å². The lowest BCUT2D eigenvalue weighted by atomic mass is 9.64. The number of ether oxygens (including phenoxy) is 1. The zero-order valence-corrected chi connectivity index (χ0v) is 15.9. The van der Waals surface area contributed by atoms with E-state index in [0.29, 0.717) is 18.7 Å². The third-order valence-corrected chi connectivity index (χ3v) is 5.24. The number of rotatable bonds is 7. The Kier molecular flexibility index (Phi) is 5.91. The molecule has 1 fully saturated rings. The molecule has 2 aromatic carbocycles. The van der Waals surface area contributed by atoms with Gasteiger partial charge in [0, 0.05) is 24.9 Å². The van der Waals surface area contributed by atoms with Gasteiger partial charge in [-0.25, -0.2) is 0 Å². The summed E-state index contributed by atoms with van der Waals surface area (Å²) in [5.74, 6) is -0.0827. The van der Waals surface area contributed by atoms with Crippen LogP contribution in [-0.2, 0) is 14.9 Å². The molecular weight excluding hydrogens is 340 g/mol. The summed E-state index contributed by atoms with van der Waals surface area (Å²) in [6, 6.07) is 15.1. The fourth-order valence-corrected chi connectivity index (χ4v) is 3.39. The van der Waals surface area contributed by atoms with Crippen molar-refractivity contribution in [2.45, 2.75) is 31.6 Å². The summed E-state index contributed by atoms with van der Waals surface area (Å²) < 4.78 is 5.00. The summed E-state index contributed by atoms with van der Waals surface area (Å²) in [6.07, 6.45) is 2.74. The predicted octanol–water partition coefficient (Wildman–Crippen LogP) is 3.43. The quantitative estimate of drug-likeness (QED) is 0.738. The Morgan fingerprint density at radius 1 is 1.04 bits per heavy atom. The topological polar surface area (TPSA) is 67.4 Å². The first-order valence-corrected chi connectivity index (χ1v) is 9.31. The fourth-order valence-electron chi connectivity index (χ4n) is 3.39. The fraction of sp³-hybridized carbons (Fsp3) is 0.364. The van der Waals surface area contributed by atoms with Gasteiger partial charge in [0.05, 0.1) is 12.0 Å². The SMILES string of the molecule is COCCNC(=O)C1(c2ccc(NC(=O)c3ccc(C)cc3)cc2)CCC1. The maximum Gasteiger partial charge on any atom is 0.255 e. The van der Waals surface area contributed by atoms with Crippen LogP contribution in [0.25, 0.3) is 0 Å². The molecule has 2 N–H and O–H groups in total. The van der Waals surface area contributed by atoms with Crippen molar-refractivity contribution in [3.8, 4) is 0 Å². The average Bonchev–Trinajstić information content (AvgIpc) is 2.63. The first-order valence-electron chi connectivity index (χ1n) is 9.31. The number of amides is 2. The van der Waals surface area contributed by atoms with Gasteiger partial charge in [-0.1, -0.05) is 36.2 Å². The molecule has 5 nitrogen and oxygen atoms in total. The van der Waals surface area contributed by atoms with Gasteiger partial charge in [-0.3, -0.25) is 9.59 Å². The van der Waals surface area contributed by atoms with E-state index in [1.807, 2.05) is 55.5 Å². The van der Waals surface area contributed by atoms with Crippen LogP contribution in [0.2, 0.25) is 0 Å². The second-order valence-electron chi connectivity index (χ2n) is 7.08. The lowest BCUT2D eigenvalue weighted by molar-refractivity contribution is -0.130. The number of anilines is 1. The van der Waals surface area contributed by atoms with Crippen molar-refractivity contribution < 1.29 is 14.3 Å². The Balaban J connectivity index is 1.67. The molecule has 0 atom stereocenters. The van der Waals surface area contributed by atoms with Crippen molar-refractivity contribution in [2.75, 3.05) is 25.6 Å². The molecule has 0 aromatic heterocycles. The Morgan fingerprint density at radius 2 is 1.70 bits per heavy atom. The van der Waals surface area contributed by atoms with Gasteiger partial charge in [0.2, 0.25) is 5.91 Å². The molecule has 0 spiro atoms. The van der Waals surface area contributed by atoms with Gasteiger partial charge in [0.15, 0.2) is 0 Å². The van der Waals surface area contributed by atoms with Crippen LogP contribution in [0.1, 0.15) is 40.7 Å². The summed E-state index contributed by atoms with van der Waals surface area (Å²) in [7, 11) is 1.62. The number of hydrogen-bond donors (Lipinski definition) is 2. The highest BCUT2D eigenvalue weighted by Crippen LogP contribution is 2.44. The third-order valence-electron chi connectivity index (χ3n) is 5.24. The van der Waals surface area contributed by atoms with Crippen LogP contribution in [-0.4, -0.2) is 32.1 Å². The smallest absolute Gasteiger partial charge is 0.255 e. The van der Waals surface area contributed by atoms with Gasteiger partial charge in [-0.05, 0) is 49.6 Å². The Morgan fingerprint density at radius 3 is 2.26 bits per heavy atom. The summed E-state index contributed by atoms with van der Waals surface area (Å²) in [5, 5.41) is 5.87. The first-order chi connectivity index (χ1) is 13.0. The molecule has 0 saturated heterocycles. The average molecular weight is 366 g/mol. The molecule has 5 heteroatoms. The molecule has 0 aliphatic heterocycles. The van der Waals surface area contributed by atoms with E-state index in [-0.39, 0.29) is 11.8 Å². The van der Waals surface area contributed by atoms with Crippen LogP contribution >= 0.6 is 0 Å². The summed E-state index contributed by atoms with van der Waals surface area (Å²) in [6.45, 7) is 3.01. The zero-order chi connectivity index (χ0) is 19.3. The van der Waals surface area contributed by atoms with Crippen molar-refractivity contribution in [2.24, 2.45) is 0 Å². The van der Waals surface area contributed by atoms with E-state index >= 15 is 0 Å². The van der Waals surface area contributed by atoms with Crippen LogP contribution in [0, 0.1) is 6.92 Å². The molecule has 3 rings (SSSR count). The van der Waals surface area contributed by atoms with E-state index in [2.05, 4.69) is 10.6 Å². The third kappa shape index (κ3) is 4.19. The van der Waals surface area contributed by atoms with E-state index in [1.54, 1.807) is 7.11 Å². The van der Waals surface area contributed by atoms with Gasteiger partial charge >= 0.3 is 0 Å². The van der Waals surface area contributed by atoms with Gasteiger partial charge in [0.25, 0.3) is 5.91 Å². The van der Waals surface area contributed by atoms with Crippen molar-refractivity contribution in [1.29, 1.82) is 0 Å². The van der Waals surface area contributed by atoms with Crippen LogP contribution in [0.3, 0.4) is 0 Å². The largest absolute Gasteiger partial charge is 0.383 e. The number of benzene rings is 2. The first kappa shape index (κ1) is 19.1. The predicted molar refractivity (Wildman–Crippen MR) is 106 cm³/mol. The van der Waals surface area contributed by atoms with Gasteiger partial charge in [0.1, 0.15) is 0 Å². The number of nitrogens with one attached hydrogen (secondary N) is 2. The summed E-state index contributed by atoms with van der Waals surface area (Å²) in [4.78, 5) is 25.0. The van der Waals surface area contributed by atoms with Crippen molar-refractivity contribution in [3.63, 3.8) is 0 Å². The molecule has 1 aliphatic carbocycles. The number of carbonyl (C=O) groups is 2. The Bertz CT molecular complexity index is 793. The van der Waals surface area contributed by atoms with Gasteiger partial charge in [-0.15, -0.1) is 0 Å². The molecule has 27 heavy (non-hydrogen) atoms. The van der Waals surface area contributed by atoms with Crippen LogP contribution in [0.4, 0.5) is 5.69 Å². The summed E-state index contributed by atoms with van der Waals surface area (Å²) in [5.41, 5.74) is 3.01. The molecule has 142 valence electrons. The van der Waals surface area contributed by atoms with Gasteiger partial charge in [-0.2, -0.15) is 0 Å². The second kappa shape index (κ2) is 8.35. The number of methoxy groups -OCH3 is 1. The molecule has 0 unspecified atom stereocenters. The maximum atomic E-state index is 12.7. The monoisotopic (exact) mass is 366 g/mol. The molecule has 2 aromatic rings. The van der Waals surface area contributed by atoms with Crippen LogP contribution < -0.4 is 10.6 Å². The molecule has 1 aliphatic rings. The minimum absolute atomic E-state index is 0.0576. The van der Waals surface area contributed by atoms with Gasteiger partial charge < -0.3 is 15.4 Å². The molecule has 0 bridgehead atoms. The van der Waals surface area contributed by atoms with E-state index in [4.69, 9.17) is 4.74 Å². The number of carbonyl (C=O) groups excluding carboxylic acids is 2. The van der Waals surface area contributed by atoms with Crippen LogP contribution in [0.5, 0.6) is 0 Å². The molecule has 0 radical (unpaired) electrons. The lowest BCUT2D eigenvalue weighted by Crippen LogP contribution is -2.49. The molecular formula is C22H26N2O3. The van der Waals surface area contributed by atoms with E-state index in [0.717, 1.165) is 36.1 Å². The highest BCUT2D eigenvalue weighted by Gasteiger charge is 2.45. The highest BCUT2D eigenvalue weighted by molar-refractivity contribution is 6.04. The molecule has 1 saturated carbocycles. The number of hydrogen-bond acceptors (Lipinski definition) is 3.